The van der Waals surface area contributed by atoms with Gasteiger partial charge in [-0.1, -0.05) is 110 Å². The van der Waals surface area contributed by atoms with E-state index < -0.39 is 183 Å². The molecule has 0 aromatic heterocycles. The lowest BCUT2D eigenvalue weighted by atomic mass is 9.98. The Bertz CT molecular complexity index is 3800. The predicted molar refractivity (Wildman–Crippen MR) is 361 cm³/mol. The maximum absolute atomic E-state index is 15.3. The van der Waals surface area contributed by atoms with Crippen molar-refractivity contribution in [1.29, 1.82) is 0 Å². The van der Waals surface area contributed by atoms with Gasteiger partial charge in [-0.05, 0) is 96.3 Å². The molecular weight excluding hydrogens is 1310 g/mol. The van der Waals surface area contributed by atoms with Crippen molar-refractivity contribution in [3.05, 3.63) is 143 Å². The van der Waals surface area contributed by atoms with E-state index >= 15 is 9.59 Å². The number of fused-ring (bicyclic) bond motifs is 8. The van der Waals surface area contributed by atoms with Gasteiger partial charge in [0.2, 0.25) is 35.4 Å². The zero-order valence-electron chi connectivity index (χ0n) is 56.4. The third-order valence-corrected chi connectivity index (χ3v) is 18.6. The lowest BCUT2D eigenvalue weighted by molar-refractivity contribution is -0.147. The molecule has 0 saturated carbocycles. The molecule has 29 nitrogen and oxygen atoms in total. The van der Waals surface area contributed by atoms with Gasteiger partial charge in [0, 0.05) is 63.2 Å². The highest BCUT2D eigenvalue weighted by atomic mass is 16.6. The van der Waals surface area contributed by atoms with Crippen molar-refractivity contribution in [3.63, 3.8) is 0 Å². The summed E-state index contributed by atoms with van der Waals surface area (Å²) in [7, 11) is 0. The van der Waals surface area contributed by atoms with Crippen molar-refractivity contribution in [2.24, 2.45) is 5.92 Å². The van der Waals surface area contributed by atoms with Gasteiger partial charge in [0.15, 0.2) is 11.5 Å². The average molecular weight is 1400 g/mol. The molecule has 3 aliphatic heterocycles. The van der Waals surface area contributed by atoms with Crippen LogP contribution in [0.5, 0.6) is 11.5 Å². The van der Waals surface area contributed by atoms with Crippen molar-refractivity contribution in [2.45, 2.75) is 151 Å². The molecule has 2 aliphatic carbocycles. The Morgan fingerprint density at radius 2 is 1.13 bits per heavy atom. The molecule has 5 aromatic rings. The topological polar surface area (TPSA) is 423 Å². The van der Waals surface area contributed by atoms with E-state index in [1.165, 1.54) is 45.9 Å². The van der Waals surface area contributed by atoms with Crippen LogP contribution in [-0.2, 0) is 49.4 Å². The third kappa shape index (κ3) is 17.5. The van der Waals surface area contributed by atoms with E-state index in [4.69, 9.17) is 18.9 Å². The number of benzene rings is 5. The predicted octanol–water partition coefficient (Wildman–Crippen LogP) is 1.28. The van der Waals surface area contributed by atoms with E-state index in [9.17, 15) is 69.3 Å². The molecule has 3 fully saturated rings. The van der Waals surface area contributed by atoms with Gasteiger partial charge in [-0.25, -0.2) is 14.4 Å². The minimum Gasteiger partial charge on any atom is -0.504 e. The summed E-state index contributed by atoms with van der Waals surface area (Å²) < 4.78 is 22.6. The Balaban J connectivity index is 0.907. The molecule has 5 aromatic carbocycles. The van der Waals surface area contributed by atoms with Crippen LogP contribution in [0.15, 0.2) is 115 Å². The van der Waals surface area contributed by atoms with Crippen LogP contribution in [0.3, 0.4) is 0 Å². The molecule has 0 unspecified atom stereocenters. The van der Waals surface area contributed by atoms with Crippen molar-refractivity contribution in [3.8, 4) is 33.8 Å². The van der Waals surface area contributed by atoms with Gasteiger partial charge in [0.25, 0.3) is 0 Å². The lowest BCUT2D eigenvalue weighted by Crippen LogP contribution is -2.64. The van der Waals surface area contributed by atoms with Gasteiger partial charge < -0.3 is 102 Å². The smallest absolute Gasteiger partial charge is 0.408 e. The summed E-state index contributed by atoms with van der Waals surface area (Å²) in [6.07, 6.45) is -15.6. The first-order valence-electron chi connectivity index (χ1n) is 33.7. The molecule has 10 rings (SSSR count). The molecule has 5 aliphatic rings. The Labute approximate surface area is 582 Å². The summed E-state index contributed by atoms with van der Waals surface area (Å²) in [5, 5.41) is 98.0. The van der Waals surface area contributed by atoms with Crippen LogP contribution in [0.2, 0.25) is 0 Å². The van der Waals surface area contributed by atoms with Gasteiger partial charge in [-0.3, -0.25) is 28.8 Å². The fourth-order valence-corrected chi connectivity index (χ4v) is 13.6. The number of alkyl carbamates (subject to hydrolysis) is 3. The molecule has 3 heterocycles. The number of aliphatic hydroxyl groups excluding tert-OH is 6. The average Bonchev–Trinajstić information content (AvgIpc) is 1.63. The number of aromatic hydroxyl groups is 1. The fraction of sp³-hybridized carbons (Fsp3) is 0.458. The zero-order chi connectivity index (χ0) is 72.6. The first-order valence-corrected chi connectivity index (χ1v) is 33.7. The van der Waals surface area contributed by atoms with Gasteiger partial charge in [-0.15, -0.1) is 0 Å². The van der Waals surface area contributed by atoms with E-state index in [1.54, 1.807) is 0 Å². The van der Waals surface area contributed by atoms with Crippen LogP contribution >= 0.6 is 0 Å². The fourth-order valence-electron chi connectivity index (χ4n) is 13.6. The molecule has 29 heteroatoms. The Hall–Kier alpha value is -9.91. The number of amides is 9. The number of hydrogen-bond acceptors (Lipinski definition) is 20. The second kappa shape index (κ2) is 32.2. The van der Waals surface area contributed by atoms with Gasteiger partial charge >= 0.3 is 18.3 Å². The number of aliphatic hydroxyl groups is 6. The van der Waals surface area contributed by atoms with Crippen molar-refractivity contribution in [1.82, 2.24) is 47.0 Å². The van der Waals surface area contributed by atoms with Crippen LogP contribution in [0.4, 0.5) is 14.4 Å². The van der Waals surface area contributed by atoms with E-state index in [1.807, 2.05) is 97.1 Å². The van der Waals surface area contributed by atoms with Crippen LogP contribution in [0.25, 0.3) is 22.3 Å². The maximum atomic E-state index is 15.3. The number of β-amino-alcohol motifs (C(OH)–C–C–N with tert-alkyl or cyclic N) is 1. The second-order valence-corrected chi connectivity index (χ2v) is 27.1. The Morgan fingerprint density at radius 1 is 0.604 bits per heavy atom. The monoisotopic (exact) mass is 1400 g/mol. The number of phenolic OH excluding ortho intramolecular Hbond substituents is 1. The number of nitrogens with zero attached hydrogens (tertiary/aromatic N) is 2. The minimum absolute atomic E-state index is 0.0417. The number of rotatable bonds is 17. The van der Waals surface area contributed by atoms with Crippen molar-refractivity contribution >= 4 is 53.7 Å². The lowest BCUT2D eigenvalue weighted by Gasteiger charge is -2.34. The summed E-state index contributed by atoms with van der Waals surface area (Å²) in [5.74, 6) is -9.06. The molecule has 13 atom stereocenters. The van der Waals surface area contributed by atoms with E-state index in [0.29, 0.717) is 0 Å². The summed E-state index contributed by atoms with van der Waals surface area (Å²) in [6.45, 7) is 4.80. The number of carbonyl (C=O) groups excluding carboxylic acids is 9. The largest absolute Gasteiger partial charge is 0.504 e. The maximum Gasteiger partial charge on any atom is 0.408 e. The van der Waals surface area contributed by atoms with E-state index in [2.05, 4.69) is 37.2 Å². The molecule has 101 heavy (non-hydrogen) atoms. The quantitative estimate of drug-likeness (QED) is 0.0460. The number of nitrogens with one attached hydrogen (secondary N) is 7. The standard InChI is InChI=1S/C72H87N9O20/c1-37-33-81-61(62(37)88)66(92)75-32-40(83)30-52(76-71(97)101-72(3,4)5)63(89)77-58(38(2)82)67(93)80-34-41(84)31-53(80)64(90)78-59(65(91)79-60(68(81)94)55(86)24-25-73-69(95)99-35-50-46-18-10-6-14-42(46)43-15-7-11-19-47(43)50)56(87)28-39-22-23-54(85)57(29-39)98-27-26-74-70(96)100-36-51-48-20-12-8-16-44(48)45-17-9-13-21-49(45)51/h6-23,29,37-38,40-41,50-53,55-56,58-62,82-88H,24-28,30-36H2,1-5H3,(H,73,95)(H,74,96)(H,75,92)(H,76,97)(H,77,89)(H,78,90)(H,79,91)/t37-,38+,40+,41+,52-,53-,55+,56+,58-,59-,60-,61-,62-/m0/s1. The summed E-state index contributed by atoms with van der Waals surface area (Å²) in [4.78, 5) is 130. The highest BCUT2D eigenvalue weighted by Gasteiger charge is 2.50. The molecule has 0 spiro atoms. The van der Waals surface area contributed by atoms with E-state index in [0.717, 1.165) is 61.2 Å². The van der Waals surface area contributed by atoms with Crippen molar-refractivity contribution < 1.29 is 97.8 Å². The van der Waals surface area contributed by atoms with Gasteiger partial charge in [0.1, 0.15) is 61.7 Å². The van der Waals surface area contributed by atoms with Crippen molar-refractivity contribution in [2.75, 3.05) is 52.5 Å². The van der Waals surface area contributed by atoms with Gasteiger partial charge in [-0.2, -0.15) is 0 Å². The zero-order valence-corrected chi connectivity index (χ0v) is 56.4. The third-order valence-electron chi connectivity index (χ3n) is 18.6. The SMILES string of the molecule is C[C@@H](O)[C@@H]1NC(=O)[C@@H](NC(=O)OC(C)(C)C)C[C@@H](O)CNC(=O)[C@@H]2[C@@H](O)[C@@H](C)CN2C(=O)[C@H]([C@H](O)CCNC(=O)OCC2c3ccccc3-c3ccccc32)NC(=O)[C@H]([C@H](O)Cc2ccc(O)c(OCCNC(=O)OCC3c4ccccc4-c4ccccc43)c2)NC(=O)[C@@H]2C[C@@H](O)CN2C1=O. The highest BCUT2D eigenvalue weighted by molar-refractivity contribution is 5.98. The molecule has 9 amide bonds. The normalized spacial score (nSPS) is 24.4. The molecule has 0 radical (unpaired) electrons. The number of hydrogen-bond donors (Lipinski definition) is 14. The second-order valence-electron chi connectivity index (χ2n) is 27.1. The first kappa shape index (κ1) is 73.8. The summed E-state index contributed by atoms with van der Waals surface area (Å²) in [6, 6.07) is 23.4. The molecule has 14 N–H and O–H groups in total. The number of ether oxygens (including phenoxy) is 4. The Kier molecular flexibility index (Phi) is 23.5. The Morgan fingerprint density at radius 3 is 1.68 bits per heavy atom. The highest BCUT2D eigenvalue weighted by Crippen LogP contribution is 2.46. The number of carbonyl (C=O) groups is 9. The molecular formula is C72H87N9O20. The van der Waals surface area contributed by atoms with E-state index in [-0.39, 0.29) is 61.8 Å². The molecule has 3 saturated heterocycles. The molecule has 0 bridgehead atoms. The van der Waals surface area contributed by atoms with Crippen LogP contribution < -0.4 is 42.0 Å². The van der Waals surface area contributed by atoms with Crippen LogP contribution in [0, 0.1) is 5.92 Å². The summed E-state index contributed by atoms with van der Waals surface area (Å²) in [5.41, 5.74) is 7.01. The van der Waals surface area contributed by atoms with Crippen LogP contribution in [-0.4, -0.2) is 230 Å². The van der Waals surface area contributed by atoms with Crippen LogP contribution in [0.1, 0.15) is 93.5 Å². The van der Waals surface area contributed by atoms with Gasteiger partial charge in [0.05, 0.1) is 43.2 Å². The molecule has 540 valence electrons. The minimum atomic E-state index is -2.18. The first-order chi connectivity index (χ1) is 48.2. The summed E-state index contributed by atoms with van der Waals surface area (Å²) >= 11 is 0. The number of phenols is 1.